The number of rotatable bonds is 3. The molecule has 0 radical (unpaired) electrons. The molecule has 0 atom stereocenters. The van der Waals surface area contributed by atoms with Gasteiger partial charge < -0.3 is 18.8 Å². The highest BCUT2D eigenvalue weighted by atomic mass is 28.4. The van der Waals surface area contributed by atoms with Gasteiger partial charge in [-0.05, 0) is 0 Å². The normalized spacial score (nSPS) is 10.1. The number of hydrogen-bond acceptors (Lipinski definition) is 4. The lowest BCUT2D eigenvalue weighted by Gasteiger charge is -2.12. The zero-order valence-electron chi connectivity index (χ0n) is 7.83. The topological polar surface area (TPSA) is 76.0 Å². The highest BCUT2D eigenvalue weighted by Gasteiger charge is 2.25. The summed E-state index contributed by atoms with van der Waals surface area (Å²) in [5, 5.41) is 7.72. The van der Waals surface area contributed by atoms with Crippen molar-refractivity contribution in [2.24, 2.45) is 0 Å². The molecule has 5 nitrogen and oxygen atoms in total. The molecule has 0 spiro atoms. The molecule has 0 aromatic heterocycles. The molecule has 0 saturated carbocycles. The summed E-state index contributed by atoms with van der Waals surface area (Å²) in [6.07, 6.45) is 0.222. The molecular formula is C6H16O5Si. The van der Waals surface area contributed by atoms with Crippen LogP contribution in [0.4, 0.5) is 0 Å². The summed E-state index contributed by atoms with van der Waals surface area (Å²) in [5.74, 6) is -0.745. The van der Waals surface area contributed by atoms with Crippen LogP contribution >= 0.6 is 0 Å². The number of hydrogen-bond donors (Lipinski definition) is 2. The summed E-state index contributed by atoms with van der Waals surface area (Å²) >= 11 is 0. The Kier molecular flexibility index (Phi) is 8.50. The van der Waals surface area contributed by atoms with Crippen molar-refractivity contribution in [3.63, 3.8) is 0 Å². The van der Waals surface area contributed by atoms with E-state index in [2.05, 4.69) is 8.85 Å². The first-order valence-corrected chi connectivity index (χ1v) is 5.70. The zero-order chi connectivity index (χ0) is 10.2. The van der Waals surface area contributed by atoms with Crippen LogP contribution in [0.25, 0.3) is 0 Å². The van der Waals surface area contributed by atoms with Crippen LogP contribution in [0.5, 0.6) is 0 Å². The van der Waals surface area contributed by atoms with E-state index in [1.807, 2.05) is 0 Å². The van der Waals surface area contributed by atoms with E-state index in [0.29, 0.717) is 0 Å². The van der Waals surface area contributed by atoms with E-state index in [4.69, 9.17) is 9.90 Å². The van der Waals surface area contributed by atoms with Crippen molar-refractivity contribution >= 4 is 14.8 Å². The van der Waals surface area contributed by atoms with E-state index in [0.717, 1.165) is 0 Å². The van der Waals surface area contributed by atoms with Crippen molar-refractivity contribution in [1.29, 1.82) is 0 Å². The van der Waals surface area contributed by atoms with Gasteiger partial charge in [-0.2, -0.15) is 0 Å². The third-order valence-electron chi connectivity index (χ3n) is 1.06. The molecule has 0 aliphatic rings. The predicted molar refractivity (Wildman–Crippen MR) is 45.8 cm³/mol. The van der Waals surface area contributed by atoms with E-state index < -0.39 is 14.8 Å². The standard InChI is InChI=1S/C3H10O3Si.C3H6O2/c1-5-7(3,4)6-2;1-2-3(4)5/h4H,1-3H3;2H2,1H3,(H,4,5). The second kappa shape index (κ2) is 7.23. The maximum atomic E-state index is 9.37. The molecule has 0 unspecified atom stereocenters. The monoisotopic (exact) mass is 196 g/mol. The maximum Gasteiger partial charge on any atom is 0.494 e. The molecule has 0 aromatic rings. The fourth-order valence-electron chi connectivity index (χ4n) is 0.0833. The van der Waals surface area contributed by atoms with Crippen LogP contribution in [0, 0.1) is 0 Å². The van der Waals surface area contributed by atoms with Gasteiger partial charge in [-0.25, -0.2) is 0 Å². The molecule has 0 saturated heterocycles. The van der Waals surface area contributed by atoms with Crippen LogP contribution in [0.2, 0.25) is 6.55 Å². The van der Waals surface area contributed by atoms with Gasteiger partial charge in [-0.1, -0.05) is 6.92 Å². The average Bonchev–Trinajstić information content (AvgIpc) is 2.05. The van der Waals surface area contributed by atoms with E-state index >= 15 is 0 Å². The first-order valence-electron chi connectivity index (χ1n) is 3.44. The lowest BCUT2D eigenvalue weighted by molar-refractivity contribution is -0.136. The van der Waals surface area contributed by atoms with Crippen molar-refractivity contribution in [2.75, 3.05) is 14.2 Å². The van der Waals surface area contributed by atoms with Crippen molar-refractivity contribution in [2.45, 2.75) is 19.9 Å². The first kappa shape index (κ1) is 14.1. The minimum atomic E-state index is -2.65. The second-order valence-corrected chi connectivity index (χ2v) is 4.67. The Morgan fingerprint density at radius 1 is 1.42 bits per heavy atom. The van der Waals surface area contributed by atoms with Gasteiger partial charge in [0.1, 0.15) is 0 Å². The smallest absolute Gasteiger partial charge is 0.481 e. The van der Waals surface area contributed by atoms with Gasteiger partial charge >= 0.3 is 14.8 Å². The van der Waals surface area contributed by atoms with Crippen molar-refractivity contribution in [1.82, 2.24) is 0 Å². The Hall–Kier alpha value is -0.433. The van der Waals surface area contributed by atoms with Crippen LogP contribution in [-0.4, -0.2) is 38.9 Å². The summed E-state index contributed by atoms with van der Waals surface area (Å²) in [6, 6.07) is 0. The van der Waals surface area contributed by atoms with Gasteiger partial charge in [-0.15, -0.1) is 0 Å². The number of carboxylic acids is 1. The van der Waals surface area contributed by atoms with Crippen LogP contribution in [-0.2, 0) is 13.6 Å². The van der Waals surface area contributed by atoms with Gasteiger partial charge in [0.15, 0.2) is 0 Å². The minimum Gasteiger partial charge on any atom is -0.481 e. The van der Waals surface area contributed by atoms with Crippen molar-refractivity contribution in [3.05, 3.63) is 0 Å². The van der Waals surface area contributed by atoms with Gasteiger partial charge in [0.2, 0.25) is 0 Å². The lowest BCUT2D eigenvalue weighted by Crippen LogP contribution is -2.35. The van der Waals surface area contributed by atoms with Gasteiger partial charge in [0.05, 0.1) is 0 Å². The molecule has 0 bridgehead atoms. The fourth-order valence-corrected chi connectivity index (χ4v) is 0.250. The summed E-state index contributed by atoms with van der Waals surface area (Å²) in [7, 11) is 0.201. The van der Waals surface area contributed by atoms with Crippen LogP contribution in [0.15, 0.2) is 0 Å². The van der Waals surface area contributed by atoms with Crippen LogP contribution in [0.1, 0.15) is 13.3 Å². The fraction of sp³-hybridized carbons (Fsp3) is 0.833. The van der Waals surface area contributed by atoms with E-state index in [1.54, 1.807) is 13.5 Å². The second-order valence-electron chi connectivity index (χ2n) is 2.05. The molecule has 6 heteroatoms. The largest absolute Gasteiger partial charge is 0.494 e. The van der Waals surface area contributed by atoms with Crippen LogP contribution < -0.4 is 0 Å². The molecule has 74 valence electrons. The Bertz CT molecular complexity index is 119. The average molecular weight is 196 g/mol. The Morgan fingerprint density at radius 3 is 1.67 bits per heavy atom. The molecule has 0 amide bonds. The van der Waals surface area contributed by atoms with Gasteiger partial charge in [0.25, 0.3) is 0 Å². The maximum absolute atomic E-state index is 9.37. The molecule has 0 aliphatic carbocycles. The summed E-state index contributed by atoms with van der Waals surface area (Å²) in [5.41, 5.74) is 0. The molecule has 0 fully saturated rings. The minimum absolute atomic E-state index is 0.222. The van der Waals surface area contributed by atoms with E-state index in [-0.39, 0.29) is 6.42 Å². The third-order valence-corrected chi connectivity index (χ3v) is 2.57. The van der Waals surface area contributed by atoms with Crippen molar-refractivity contribution in [3.8, 4) is 0 Å². The Balaban J connectivity index is 0. The highest BCUT2D eigenvalue weighted by molar-refractivity contribution is 6.57. The number of carbonyl (C=O) groups is 1. The zero-order valence-corrected chi connectivity index (χ0v) is 8.83. The highest BCUT2D eigenvalue weighted by Crippen LogP contribution is 1.94. The summed E-state index contributed by atoms with van der Waals surface area (Å²) in [4.78, 5) is 18.2. The van der Waals surface area contributed by atoms with E-state index in [9.17, 15) is 4.79 Å². The number of aliphatic carboxylic acids is 1. The first-order chi connectivity index (χ1) is 5.39. The Labute approximate surface area is 73.3 Å². The molecule has 0 heterocycles. The molecule has 0 rings (SSSR count). The molecule has 12 heavy (non-hydrogen) atoms. The number of carboxylic acid groups (broad SMARTS) is 1. The predicted octanol–water partition coefficient (Wildman–Crippen LogP) is 0.321. The van der Waals surface area contributed by atoms with E-state index in [1.165, 1.54) is 14.2 Å². The summed E-state index contributed by atoms with van der Waals surface area (Å²) in [6.45, 7) is 3.15. The van der Waals surface area contributed by atoms with Crippen LogP contribution in [0.3, 0.4) is 0 Å². The molecule has 0 aromatic carbocycles. The lowest BCUT2D eigenvalue weighted by atomic mass is 10.5. The quantitative estimate of drug-likeness (QED) is 0.636. The molecule has 0 aliphatic heterocycles. The summed E-state index contributed by atoms with van der Waals surface area (Å²) < 4.78 is 9.12. The third kappa shape index (κ3) is 12.3. The Morgan fingerprint density at radius 2 is 1.67 bits per heavy atom. The molecule has 2 N–H and O–H groups in total. The van der Waals surface area contributed by atoms with Gasteiger partial charge in [-0.3, -0.25) is 4.79 Å². The SMILES string of the molecule is CCC(=O)O.CO[Si](C)(O)OC. The van der Waals surface area contributed by atoms with Gasteiger partial charge in [0, 0.05) is 27.2 Å². The van der Waals surface area contributed by atoms with Crippen molar-refractivity contribution < 1.29 is 23.5 Å². The molecular weight excluding hydrogens is 180 g/mol.